The lowest BCUT2D eigenvalue weighted by atomic mass is 10.1. The number of carbonyl (C=O) groups is 1. The molecule has 1 atom stereocenters. The van der Waals surface area contributed by atoms with Crippen LogP contribution >= 0.6 is 12.6 Å². The summed E-state index contributed by atoms with van der Waals surface area (Å²) in [7, 11) is 0. The highest BCUT2D eigenvalue weighted by molar-refractivity contribution is 7.80. The molecule has 1 unspecified atom stereocenters. The van der Waals surface area contributed by atoms with E-state index < -0.39 is 6.04 Å². The van der Waals surface area contributed by atoms with Crippen molar-refractivity contribution in [3.63, 3.8) is 0 Å². The van der Waals surface area contributed by atoms with Crippen LogP contribution in [-0.4, -0.2) is 22.6 Å². The number of hydrogen-bond acceptors (Lipinski definition) is 4. The summed E-state index contributed by atoms with van der Waals surface area (Å²) in [5.74, 6) is 0.181. The van der Waals surface area contributed by atoms with Crippen molar-refractivity contribution in [2.45, 2.75) is 6.04 Å². The minimum atomic E-state index is -0.553. The topological polar surface area (TPSA) is 56.0 Å². The Kier molecular flexibility index (Phi) is 3.25. The molecule has 2 N–H and O–H groups in total. The molecule has 0 aromatic carbocycles. The van der Waals surface area contributed by atoms with Gasteiger partial charge in [0.15, 0.2) is 5.78 Å². The van der Waals surface area contributed by atoms with Crippen molar-refractivity contribution >= 4 is 18.4 Å². The largest absolute Gasteiger partial charge is 0.320 e. The lowest BCUT2D eigenvalue weighted by Crippen LogP contribution is -2.32. The smallest absolute Gasteiger partial charge is 0.198 e. The first-order chi connectivity index (χ1) is 5.75. The predicted molar refractivity (Wildman–Crippen MR) is 50.4 cm³/mol. The summed E-state index contributed by atoms with van der Waals surface area (Å²) >= 11 is 3.93. The first-order valence-corrected chi connectivity index (χ1v) is 4.20. The van der Waals surface area contributed by atoms with Crippen molar-refractivity contribution in [1.29, 1.82) is 0 Å². The van der Waals surface area contributed by atoms with Crippen molar-refractivity contribution in [3.05, 3.63) is 30.1 Å². The maximum atomic E-state index is 11.3. The van der Waals surface area contributed by atoms with Crippen molar-refractivity contribution < 1.29 is 4.79 Å². The third kappa shape index (κ3) is 2.06. The van der Waals surface area contributed by atoms with Crippen LogP contribution in [-0.2, 0) is 0 Å². The Morgan fingerprint density at radius 3 is 2.92 bits per heavy atom. The first-order valence-electron chi connectivity index (χ1n) is 3.57. The number of rotatable bonds is 3. The lowest BCUT2D eigenvalue weighted by Gasteiger charge is -2.04. The maximum absolute atomic E-state index is 11.3. The van der Waals surface area contributed by atoms with Crippen LogP contribution in [0.15, 0.2) is 24.4 Å². The number of thiol groups is 1. The molecule has 0 spiro atoms. The number of hydrogen-bond donors (Lipinski definition) is 2. The zero-order valence-electron chi connectivity index (χ0n) is 6.47. The molecular formula is C8H10N2OS. The molecule has 0 fully saturated rings. The number of Topliss-reactive ketones (excluding diaryl/α,β-unsaturated/α-hetero) is 1. The zero-order chi connectivity index (χ0) is 8.97. The predicted octanol–water partition coefficient (Wildman–Crippen LogP) is 0.521. The number of pyridine rings is 1. The van der Waals surface area contributed by atoms with Crippen molar-refractivity contribution in [3.8, 4) is 0 Å². The second-order valence-electron chi connectivity index (χ2n) is 2.37. The molecule has 0 bridgehead atoms. The Morgan fingerprint density at radius 1 is 1.67 bits per heavy atom. The molecule has 0 aliphatic heterocycles. The third-order valence-electron chi connectivity index (χ3n) is 1.45. The average Bonchev–Trinajstić information content (AvgIpc) is 2.17. The van der Waals surface area contributed by atoms with Crippen LogP contribution < -0.4 is 5.73 Å². The van der Waals surface area contributed by atoms with Crippen LogP contribution in [0.3, 0.4) is 0 Å². The van der Waals surface area contributed by atoms with Gasteiger partial charge in [-0.15, -0.1) is 0 Å². The highest BCUT2D eigenvalue weighted by atomic mass is 32.1. The Morgan fingerprint density at radius 2 is 2.42 bits per heavy atom. The number of aromatic nitrogens is 1. The minimum absolute atomic E-state index is 0.161. The minimum Gasteiger partial charge on any atom is -0.320 e. The van der Waals surface area contributed by atoms with Gasteiger partial charge in [-0.25, -0.2) is 0 Å². The van der Waals surface area contributed by atoms with E-state index in [0.717, 1.165) is 0 Å². The molecule has 1 aromatic rings. The van der Waals surface area contributed by atoms with E-state index in [1.807, 2.05) is 0 Å². The SMILES string of the molecule is NC(CS)C(=O)c1ccccn1. The number of carbonyl (C=O) groups excluding carboxylic acids is 1. The molecular weight excluding hydrogens is 172 g/mol. The Hall–Kier alpha value is -0.870. The molecule has 0 aliphatic rings. The molecule has 0 radical (unpaired) electrons. The zero-order valence-corrected chi connectivity index (χ0v) is 7.37. The second-order valence-corrected chi connectivity index (χ2v) is 2.73. The molecule has 1 aromatic heterocycles. The van der Waals surface area contributed by atoms with Crippen molar-refractivity contribution in [2.75, 3.05) is 5.75 Å². The van der Waals surface area contributed by atoms with Gasteiger partial charge in [0.05, 0.1) is 6.04 Å². The molecule has 64 valence electrons. The van der Waals surface area contributed by atoms with E-state index in [1.165, 1.54) is 0 Å². The van der Waals surface area contributed by atoms with E-state index in [1.54, 1.807) is 24.4 Å². The molecule has 4 heteroatoms. The van der Waals surface area contributed by atoms with E-state index >= 15 is 0 Å². The molecule has 0 saturated carbocycles. The summed E-state index contributed by atoms with van der Waals surface area (Å²) in [6.07, 6.45) is 1.57. The standard InChI is InChI=1S/C8H10N2OS/c9-6(5-12)8(11)7-3-1-2-4-10-7/h1-4,6,12H,5,9H2. The monoisotopic (exact) mass is 182 g/mol. The number of ketones is 1. The van der Waals surface area contributed by atoms with E-state index in [-0.39, 0.29) is 5.78 Å². The van der Waals surface area contributed by atoms with Crippen LogP contribution in [0.2, 0.25) is 0 Å². The van der Waals surface area contributed by atoms with Crippen LogP contribution in [0.1, 0.15) is 10.5 Å². The fraction of sp³-hybridized carbons (Fsp3) is 0.250. The van der Waals surface area contributed by atoms with Gasteiger partial charge in [-0.05, 0) is 12.1 Å². The molecule has 0 amide bonds. The fourth-order valence-electron chi connectivity index (χ4n) is 0.781. The van der Waals surface area contributed by atoms with Crippen LogP contribution in [0, 0.1) is 0 Å². The van der Waals surface area contributed by atoms with Crippen LogP contribution in [0.5, 0.6) is 0 Å². The first kappa shape index (κ1) is 9.22. The van der Waals surface area contributed by atoms with Gasteiger partial charge in [0, 0.05) is 11.9 Å². The highest BCUT2D eigenvalue weighted by Crippen LogP contribution is 1.98. The van der Waals surface area contributed by atoms with Gasteiger partial charge < -0.3 is 5.73 Å². The Balaban J connectivity index is 2.79. The van der Waals surface area contributed by atoms with Crippen molar-refractivity contribution in [1.82, 2.24) is 4.98 Å². The molecule has 3 nitrogen and oxygen atoms in total. The van der Waals surface area contributed by atoms with Gasteiger partial charge >= 0.3 is 0 Å². The van der Waals surface area contributed by atoms with E-state index in [2.05, 4.69) is 17.6 Å². The quantitative estimate of drug-likeness (QED) is 0.529. The van der Waals surface area contributed by atoms with Gasteiger partial charge in [-0.3, -0.25) is 9.78 Å². The normalized spacial score (nSPS) is 12.5. The molecule has 0 saturated heterocycles. The maximum Gasteiger partial charge on any atom is 0.198 e. The van der Waals surface area contributed by atoms with E-state index in [0.29, 0.717) is 11.4 Å². The lowest BCUT2D eigenvalue weighted by molar-refractivity contribution is 0.0965. The summed E-state index contributed by atoms with van der Waals surface area (Å²) in [5.41, 5.74) is 5.88. The second kappa shape index (κ2) is 4.23. The van der Waals surface area contributed by atoms with Gasteiger partial charge in [0.25, 0.3) is 0 Å². The van der Waals surface area contributed by atoms with Gasteiger partial charge in [0.2, 0.25) is 0 Å². The number of nitrogens with zero attached hydrogens (tertiary/aromatic N) is 1. The molecule has 0 aliphatic carbocycles. The summed E-state index contributed by atoms with van der Waals surface area (Å²) in [6, 6.07) is 4.60. The number of nitrogens with two attached hydrogens (primary N) is 1. The van der Waals surface area contributed by atoms with Gasteiger partial charge in [-0.1, -0.05) is 6.07 Å². The third-order valence-corrected chi connectivity index (χ3v) is 1.84. The summed E-state index contributed by atoms with van der Waals surface area (Å²) < 4.78 is 0. The summed E-state index contributed by atoms with van der Waals surface area (Å²) in [6.45, 7) is 0. The Labute approximate surface area is 76.4 Å². The molecule has 1 heterocycles. The summed E-state index contributed by atoms with van der Waals surface area (Å²) in [5, 5.41) is 0. The molecule has 1 rings (SSSR count). The van der Waals surface area contributed by atoms with E-state index in [4.69, 9.17) is 5.73 Å². The fourth-order valence-corrected chi connectivity index (χ4v) is 0.947. The highest BCUT2D eigenvalue weighted by Gasteiger charge is 2.14. The Bertz CT molecular complexity index is 263. The summed E-state index contributed by atoms with van der Waals surface area (Å²) in [4.78, 5) is 15.2. The van der Waals surface area contributed by atoms with Gasteiger partial charge in [0.1, 0.15) is 5.69 Å². The van der Waals surface area contributed by atoms with E-state index in [9.17, 15) is 4.79 Å². The average molecular weight is 182 g/mol. The van der Waals surface area contributed by atoms with Crippen LogP contribution in [0.4, 0.5) is 0 Å². The molecule has 12 heavy (non-hydrogen) atoms. The van der Waals surface area contributed by atoms with Crippen LogP contribution in [0.25, 0.3) is 0 Å². The van der Waals surface area contributed by atoms with Crippen molar-refractivity contribution in [2.24, 2.45) is 5.73 Å². The van der Waals surface area contributed by atoms with Gasteiger partial charge in [-0.2, -0.15) is 12.6 Å².